The van der Waals surface area contributed by atoms with Gasteiger partial charge in [-0.05, 0) is 12.3 Å². The molecular weight excluding hydrogens is 256 g/mol. The van der Waals surface area contributed by atoms with Crippen molar-refractivity contribution in [3.05, 3.63) is 0 Å². The summed E-state index contributed by atoms with van der Waals surface area (Å²) in [5, 5.41) is 0. The first-order chi connectivity index (χ1) is 9.16. The summed E-state index contributed by atoms with van der Waals surface area (Å²) in [6.07, 6.45) is 15.9. The molecule has 116 valence electrons. The Balaban J connectivity index is 3.08. The van der Waals surface area contributed by atoms with E-state index in [0.717, 1.165) is 6.42 Å². The van der Waals surface area contributed by atoms with Crippen LogP contribution in [0.2, 0.25) is 0 Å². The minimum Gasteiger partial charge on any atom is -0.772 e. The molecule has 0 fully saturated rings. The smallest absolute Gasteiger partial charge is 0.0127 e. The lowest BCUT2D eigenvalue weighted by Crippen LogP contribution is -2.06. The Morgan fingerprint density at radius 2 is 1.26 bits per heavy atom. The molecule has 0 aliphatic rings. The second-order valence-electron chi connectivity index (χ2n) is 5.90. The van der Waals surface area contributed by atoms with Crippen molar-refractivity contribution in [3.8, 4) is 0 Å². The fraction of sp³-hybridized carbons (Fsp3) is 1.00. The van der Waals surface area contributed by atoms with E-state index in [2.05, 4.69) is 6.92 Å². The van der Waals surface area contributed by atoms with Gasteiger partial charge in [-0.15, -0.1) is 0 Å². The number of hydrogen-bond donors (Lipinski definition) is 0. The van der Waals surface area contributed by atoms with Gasteiger partial charge in [0.1, 0.15) is 0 Å². The molecule has 0 aliphatic carbocycles. The SMILES string of the molecule is CCCCCCCCCCCCCC(C)CS(=O)[O-]. The standard InChI is InChI=1S/C16H34O2S/c1-3-4-5-6-7-8-9-10-11-12-13-14-16(2)15-19(17)18/h16H,3-15H2,1-2H3,(H,17,18)/p-1. The third-order valence-corrected chi connectivity index (χ3v) is 4.56. The maximum atomic E-state index is 10.5. The monoisotopic (exact) mass is 289 g/mol. The van der Waals surface area contributed by atoms with Gasteiger partial charge in [0.25, 0.3) is 0 Å². The molecule has 3 heteroatoms. The largest absolute Gasteiger partial charge is 0.772 e. The summed E-state index contributed by atoms with van der Waals surface area (Å²) >= 11 is -1.86. The normalized spacial score (nSPS) is 14.5. The first-order valence-electron chi connectivity index (χ1n) is 8.22. The van der Waals surface area contributed by atoms with Crippen molar-refractivity contribution < 1.29 is 8.76 Å². The van der Waals surface area contributed by atoms with Crippen LogP contribution in [-0.4, -0.2) is 14.5 Å². The predicted octanol–water partition coefficient (Wildman–Crippen LogP) is 5.20. The lowest BCUT2D eigenvalue weighted by molar-refractivity contribution is 0.486. The van der Waals surface area contributed by atoms with Crippen molar-refractivity contribution in [1.29, 1.82) is 0 Å². The molecule has 0 radical (unpaired) electrons. The van der Waals surface area contributed by atoms with Gasteiger partial charge in [0.15, 0.2) is 0 Å². The van der Waals surface area contributed by atoms with Crippen LogP contribution in [0.4, 0.5) is 0 Å². The average molecular weight is 290 g/mol. The van der Waals surface area contributed by atoms with Crippen molar-refractivity contribution in [2.75, 3.05) is 5.75 Å². The Kier molecular flexibility index (Phi) is 14.6. The Labute approximate surface area is 123 Å². The quantitative estimate of drug-likeness (QED) is 0.325. The van der Waals surface area contributed by atoms with Crippen molar-refractivity contribution in [3.63, 3.8) is 0 Å². The van der Waals surface area contributed by atoms with Crippen molar-refractivity contribution in [2.24, 2.45) is 5.92 Å². The van der Waals surface area contributed by atoms with Gasteiger partial charge in [-0.1, -0.05) is 95.6 Å². The molecular formula is C16H33O2S-. The van der Waals surface area contributed by atoms with E-state index in [-0.39, 0.29) is 0 Å². The third-order valence-electron chi connectivity index (χ3n) is 3.72. The number of hydrogen-bond acceptors (Lipinski definition) is 2. The van der Waals surface area contributed by atoms with E-state index in [1.807, 2.05) is 6.92 Å². The van der Waals surface area contributed by atoms with Gasteiger partial charge >= 0.3 is 0 Å². The Morgan fingerprint density at radius 3 is 1.68 bits per heavy atom. The topological polar surface area (TPSA) is 40.1 Å². The second-order valence-corrected chi connectivity index (χ2v) is 6.84. The molecule has 0 rings (SSSR count). The highest BCUT2D eigenvalue weighted by atomic mass is 32.2. The molecule has 0 aromatic heterocycles. The highest BCUT2D eigenvalue weighted by Gasteiger charge is 2.01. The molecule has 2 nitrogen and oxygen atoms in total. The Hall–Kier alpha value is 0.110. The van der Waals surface area contributed by atoms with Crippen LogP contribution in [0.3, 0.4) is 0 Å². The van der Waals surface area contributed by atoms with E-state index in [1.54, 1.807) is 0 Å². The predicted molar refractivity (Wildman–Crippen MR) is 84.0 cm³/mol. The zero-order valence-electron chi connectivity index (χ0n) is 13.0. The molecule has 19 heavy (non-hydrogen) atoms. The highest BCUT2D eigenvalue weighted by Crippen LogP contribution is 2.14. The first-order valence-corrected chi connectivity index (χ1v) is 9.47. The van der Waals surface area contributed by atoms with E-state index in [4.69, 9.17) is 0 Å². The molecule has 0 aliphatic heterocycles. The third kappa shape index (κ3) is 16.1. The number of unbranched alkanes of at least 4 members (excludes halogenated alkanes) is 10. The molecule has 0 aromatic rings. The summed E-state index contributed by atoms with van der Waals surface area (Å²) in [5.41, 5.74) is 0. The summed E-state index contributed by atoms with van der Waals surface area (Å²) in [6, 6.07) is 0. The molecule has 0 heterocycles. The highest BCUT2D eigenvalue weighted by molar-refractivity contribution is 7.79. The fourth-order valence-electron chi connectivity index (χ4n) is 2.47. The average Bonchev–Trinajstić information content (AvgIpc) is 2.35. The van der Waals surface area contributed by atoms with Gasteiger partial charge in [0.2, 0.25) is 0 Å². The second kappa shape index (κ2) is 14.5. The summed E-state index contributed by atoms with van der Waals surface area (Å²) in [4.78, 5) is 0. The summed E-state index contributed by atoms with van der Waals surface area (Å²) < 4.78 is 21.0. The Morgan fingerprint density at radius 1 is 0.842 bits per heavy atom. The molecule has 0 bridgehead atoms. The summed E-state index contributed by atoms with van der Waals surface area (Å²) in [7, 11) is 0. The van der Waals surface area contributed by atoms with Crippen LogP contribution in [0.1, 0.15) is 90.9 Å². The lowest BCUT2D eigenvalue weighted by atomic mass is 10.0. The van der Waals surface area contributed by atoms with Crippen LogP contribution < -0.4 is 0 Å². The van der Waals surface area contributed by atoms with E-state index >= 15 is 0 Å². The molecule has 2 unspecified atom stereocenters. The maximum absolute atomic E-state index is 10.5. The zero-order chi connectivity index (χ0) is 14.3. The minimum absolute atomic E-state index is 0.330. The summed E-state index contributed by atoms with van der Waals surface area (Å²) in [5.74, 6) is 0.662. The van der Waals surface area contributed by atoms with Gasteiger partial charge in [-0.3, -0.25) is 4.21 Å². The van der Waals surface area contributed by atoms with Crippen molar-refractivity contribution in [1.82, 2.24) is 0 Å². The van der Waals surface area contributed by atoms with Crippen LogP contribution in [0.15, 0.2) is 0 Å². The molecule has 0 aromatic carbocycles. The van der Waals surface area contributed by atoms with E-state index in [9.17, 15) is 8.76 Å². The van der Waals surface area contributed by atoms with Gasteiger partial charge < -0.3 is 4.55 Å². The van der Waals surface area contributed by atoms with E-state index < -0.39 is 11.1 Å². The molecule has 0 N–H and O–H groups in total. The van der Waals surface area contributed by atoms with Crippen molar-refractivity contribution >= 4 is 11.1 Å². The molecule has 0 saturated carbocycles. The number of rotatable bonds is 14. The Bertz CT molecular complexity index is 207. The first kappa shape index (κ1) is 19.1. The van der Waals surface area contributed by atoms with Gasteiger partial charge in [-0.25, -0.2) is 0 Å². The lowest BCUT2D eigenvalue weighted by Gasteiger charge is -2.12. The zero-order valence-corrected chi connectivity index (χ0v) is 13.8. The van der Waals surface area contributed by atoms with Crippen LogP contribution >= 0.6 is 0 Å². The maximum Gasteiger partial charge on any atom is 0.0127 e. The molecule has 0 spiro atoms. The van der Waals surface area contributed by atoms with Gasteiger partial charge in [0, 0.05) is 5.75 Å². The molecule has 2 atom stereocenters. The molecule has 0 amide bonds. The summed E-state index contributed by atoms with van der Waals surface area (Å²) in [6.45, 7) is 4.29. The van der Waals surface area contributed by atoms with E-state index in [0.29, 0.717) is 11.7 Å². The minimum atomic E-state index is -1.86. The van der Waals surface area contributed by atoms with Crippen molar-refractivity contribution in [2.45, 2.75) is 90.9 Å². The van der Waals surface area contributed by atoms with Crippen LogP contribution in [0.5, 0.6) is 0 Å². The molecule has 0 saturated heterocycles. The van der Waals surface area contributed by atoms with Crippen LogP contribution in [0.25, 0.3) is 0 Å². The fourth-order valence-corrected chi connectivity index (χ4v) is 3.10. The van der Waals surface area contributed by atoms with Crippen LogP contribution in [0, 0.1) is 5.92 Å². The van der Waals surface area contributed by atoms with Gasteiger partial charge in [-0.2, -0.15) is 0 Å². The van der Waals surface area contributed by atoms with Gasteiger partial charge in [0.05, 0.1) is 0 Å². The van der Waals surface area contributed by atoms with Crippen LogP contribution in [-0.2, 0) is 11.1 Å². The van der Waals surface area contributed by atoms with E-state index in [1.165, 1.54) is 70.6 Å².